The molecule has 0 unspecified atom stereocenters. The minimum absolute atomic E-state index is 0.0116. The smallest absolute Gasteiger partial charge is 0.301 e. The van der Waals surface area contributed by atoms with Crippen molar-refractivity contribution in [2.24, 2.45) is 0 Å². The van der Waals surface area contributed by atoms with E-state index in [0.717, 1.165) is 0 Å². The summed E-state index contributed by atoms with van der Waals surface area (Å²) >= 11 is 0. The van der Waals surface area contributed by atoms with Crippen LogP contribution in [0.25, 0.3) is 0 Å². The average molecular weight is 654 g/mol. The zero-order valence-electron chi connectivity index (χ0n) is 22.6. The van der Waals surface area contributed by atoms with E-state index in [1.165, 1.54) is 18.2 Å². The summed E-state index contributed by atoms with van der Waals surface area (Å²) in [5, 5.41) is -1.47. The van der Waals surface area contributed by atoms with Gasteiger partial charge in [-0.1, -0.05) is 48.6 Å². The molecule has 1 radical (unpaired) electrons. The van der Waals surface area contributed by atoms with Crippen molar-refractivity contribution < 1.29 is 52.7 Å². The van der Waals surface area contributed by atoms with Crippen molar-refractivity contribution >= 4 is 18.5 Å². The SMILES string of the molecule is CN(C)[C@H]([C]1C=CC=C1P(c1cc(C(F)(F)F)cc(C(F)(F)F)c1)c1cc(C(F)(F)F)cc(C(F)(F)F)c1)c1ccccc1. The maximum Gasteiger partial charge on any atom is 0.416 e. The van der Waals surface area contributed by atoms with E-state index in [2.05, 4.69) is 0 Å². The van der Waals surface area contributed by atoms with Crippen LogP contribution in [0.3, 0.4) is 0 Å². The van der Waals surface area contributed by atoms with Gasteiger partial charge in [-0.25, -0.2) is 0 Å². The lowest BCUT2D eigenvalue weighted by molar-refractivity contribution is -0.144. The summed E-state index contributed by atoms with van der Waals surface area (Å²) in [6.45, 7) is 0. The summed E-state index contributed by atoms with van der Waals surface area (Å²) in [6, 6.07) is 8.76. The Labute approximate surface area is 245 Å². The molecule has 0 fully saturated rings. The van der Waals surface area contributed by atoms with Crippen LogP contribution in [-0.4, -0.2) is 19.0 Å². The van der Waals surface area contributed by atoms with Crippen LogP contribution in [0.4, 0.5) is 52.7 Å². The Hall–Kier alpha value is -3.31. The van der Waals surface area contributed by atoms with Crippen LogP contribution in [-0.2, 0) is 24.7 Å². The molecule has 4 rings (SSSR count). The highest BCUT2D eigenvalue weighted by molar-refractivity contribution is 7.77. The summed E-state index contributed by atoms with van der Waals surface area (Å²) in [5.74, 6) is 0.282. The van der Waals surface area contributed by atoms with E-state index in [1.807, 2.05) is 0 Å². The maximum atomic E-state index is 13.9. The van der Waals surface area contributed by atoms with Crippen LogP contribution in [0, 0.1) is 5.92 Å². The maximum absolute atomic E-state index is 13.9. The second kappa shape index (κ2) is 11.9. The lowest BCUT2D eigenvalue weighted by Gasteiger charge is -2.34. The van der Waals surface area contributed by atoms with Gasteiger partial charge in [-0.05, 0) is 79.9 Å². The zero-order chi connectivity index (χ0) is 32.8. The van der Waals surface area contributed by atoms with Gasteiger partial charge in [0.15, 0.2) is 0 Å². The molecule has 0 saturated carbocycles. The van der Waals surface area contributed by atoms with Gasteiger partial charge >= 0.3 is 24.7 Å². The summed E-state index contributed by atoms with van der Waals surface area (Å²) in [5.41, 5.74) is -6.40. The highest BCUT2D eigenvalue weighted by Crippen LogP contribution is 2.56. The lowest BCUT2D eigenvalue weighted by Crippen LogP contribution is -2.28. The molecule has 0 bridgehead atoms. The van der Waals surface area contributed by atoms with Crippen LogP contribution in [0.1, 0.15) is 33.9 Å². The predicted octanol–water partition coefficient (Wildman–Crippen LogP) is 9.53. The first-order valence-corrected chi connectivity index (χ1v) is 13.9. The van der Waals surface area contributed by atoms with Crippen LogP contribution < -0.4 is 10.6 Å². The van der Waals surface area contributed by atoms with Crippen LogP contribution in [0.5, 0.6) is 0 Å². The van der Waals surface area contributed by atoms with Crippen molar-refractivity contribution in [3.8, 4) is 0 Å². The quantitative estimate of drug-likeness (QED) is 0.189. The van der Waals surface area contributed by atoms with E-state index in [-0.39, 0.29) is 23.4 Å². The fourth-order valence-corrected chi connectivity index (χ4v) is 7.43. The third-order valence-electron chi connectivity index (χ3n) is 6.65. The topological polar surface area (TPSA) is 3.24 Å². The van der Waals surface area contributed by atoms with Crippen molar-refractivity contribution in [1.82, 2.24) is 4.90 Å². The Bertz CT molecular complexity index is 1410. The molecule has 0 spiro atoms. The van der Waals surface area contributed by atoms with Gasteiger partial charge in [0.2, 0.25) is 0 Å². The molecule has 1 aliphatic rings. The molecule has 0 aliphatic heterocycles. The normalized spacial score (nSPS) is 15.8. The minimum Gasteiger partial charge on any atom is -0.301 e. The molecule has 0 amide bonds. The van der Waals surface area contributed by atoms with Crippen molar-refractivity contribution in [3.05, 3.63) is 124 Å². The summed E-state index contributed by atoms with van der Waals surface area (Å²) in [7, 11) is 0.382. The first kappa shape index (κ1) is 33.6. The zero-order valence-corrected chi connectivity index (χ0v) is 23.5. The van der Waals surface area contributed by atoms with Gasteiger partial charge in [-0.3, -0.25) is 0 Å². The molecule has 1 nitrogen and oxygen atoms in total. The largest absolute Gasteiger partial charge is 0.416 e. The molecular weight excluding hydrogens is 633 g/mol. The molecule has 3 aromatic rings. The molecule has 0 N–H and O–H groups in total. The third-order valence-corrected chi connectivity index (χ3v) is 9.09. The van der Waals surface area contributed by atoms with Gasteiger partial charge < -0.3 is 4.90 Å². The van der Waals surface area contributed by atoms with E-state index in [0.29, 0.717) is 29.8 Å². The summed E-state index contributed by atoms with van der Waals surface area (Å²) < 4.78 is 166. The molecular formula is C30H21F12NP. The van der Waals surface area contributed by atoms with Gasteiger partial charge in [-0.2, -0.15) is 52.7 Å². The first-order chi connectivity index (χ1) is 20.2. The fourth-order valence-electron chi connectivity index (χ4n) is 4.81. The van der Waals surface area contributed by atoms with Gasteiger partial charge in [-0.15, -0.1) is 0 Å². The Balaban J connectivity index is 2.07. The molecule has 44 heavy (non-hydrogen) atoms. The van der Waals surface area contributed by atoms with Crippen molar-refractivity contribution in [2.75, 3.05) is 14.1 Å². The third kappa shape index (κ3) is 7.31. The second-order valence-electron chi connectivity index (χ2n) is 10.0. The van der Waals surface area contributed by atoms with E-state index >= 15 is 0 Å². The Morgan fingerprint density at radius 2 is 0.955 bits per heavy atom. The number of allylic oxidation sites excluding steroid dienone is 2. The molecule has 235 valence electrons. The standard InChI is InChI=1S/C30H21F12NP/c1-43(2)26(17-7-4-3-5-8-17)24-9-6-10-25(24)44(22-13-18(27(31,32)33)11-19(14-22)28(34,35)36)23-15-20(29(37,38)39)12-21(16-23)30(40,41)42/h3-16,26H,1-2H3/t26-/m0/s1. The van der Waals surface area contributed by atoms with Crippen molar-refractivity contribution in [1.29, 1.82) is 0 Å². The number of alkyl halides is 12. The Morgan fingerprint density at radius 3 is 1.30 bits per heavy atom. The van der Waals surface area contributed by atoms with Gasteiger partial charge in [0, 0.05) is 12.0 Å². The Kier molecular flexibility index (Phi) is 9.07. The van der Waals surface area contributed by atoms with E-state index in [1.54, 1.807) is 49.3 Å². The average Bonchev–Trinajstić information content (AvgIpc) is 3.35. The van der Waals surface area contributed by atoms with Crippen LogP contribution >= 0.6 is 7.92 Å². The van der Waals surface area contributed by atoms with Crippen LogP contribution in [0.2, 0.25) is 0 Å². The molecule has 1 aliphatic carbocycles. The van der Waals surface area contributed by atoms with E-state index in [4.69, 9.17) is 0 Å². The minimum atomic E-state index is -5.31. The van der Waals surface area contributed by atoms with Gasteiger partial charge in [0.25, 0.3) is 0 Å². The number of nitrogens with zero attached hydrogens (tertiary/aromatic N) is 1. The number of rotatable bonds is 6. The predicted molar refractivity (Wildman–Crippen MR) is 142 cm³/mol. The number of hydrogen-bond donors (Lipinski definition) is 0. The lowest BCUT2D eigenvalue weighted by atomic mass is 9.93. The Morgan fingerprint density at radius 1 is 0.568 bits per heavy atom. The number of hydrogen-bond acceptors (Lipinski definition) is 1. The molecule has 0 saturated heterocycles. The summed E-state index contributed by atoms with van der Waals surface area (Å²) in [6.07, 6.45) is -17.1. The highest BCUT2D eigenvalue weighted by atomic mass is 31.1. The van der Waals surface area contributed by atoms with Crippen LogP contribution in [0.15, 0.2) is 90.3 Å². The summed E-state index contributed by atoms with van der Waals surface area (Å²) in [4.78, 5) is 1.66. The van der Waals surface area contributed by atoms with Gasteiger partial charge in [0.1, 0.15) is 0 Å². The first-order valence-electron chi connectivity index (χ1n) is 12.5. The van der Waals surface area contributed by atoms with E-state index in [9.17, 15) is 52.7 Å². The highest BCUT2D eigenvalue weighted by Gasteiger charge is 2.42. The molecule has 0 heterocycles. The van der Waals surface area contributed by atoms with Crippen molar-refractivity contribution in [3.63, 3.8) is 0 Å². The number of benzene rings is 3. The molecule has 0 aromatic heterocycles. The molecule has 14 heteroatoms. The van der Waals surface area contributed by atoms with Gasteiger partial charge in [0.05, 0.1) is 22.3 Å². The molecule has 3 aromatic carbocycles. The molecule has 1 atom stereocenters. The van der Waals surface area contributed by atoms with E-state index < -0.39 is 71.5 Å². The van der Waals surface area contributed by atoms with Crippen molar-refractivity contribution in [2.45, 2.75) is 30.7 Å². The number of halogens is 12. The fraction of sp³-hybridized carbons (Fsp3) is 0.233. The second-order valence-corrected chi connectivity index (χ2v) is 12.2. The monoisotopic (exact) mass is 654 g/mol.